The molecule has 5 atom stereocenters. The summed E-state index contributed by atoms with van der Waals surface area (Å²) in [4.78, 5) is -0.999. The van der Waals surface area contributed by atoms with E-state index >= 15 is 0 Å². The summed E-state index contributed by atoms with van der Waals surface area (Å²) in [6.07, 6.45) is 0.775. The average molecular weight is 339 g/mol. The lowest BCUT2D eigenvalue weighted by Gasteiger charge is -2.37. The monoisotopic (exact) mass is 336 g/mol. The van der Waals surface area contributed by atoms with Gasteiger partial charge in [0.2, 0.25) is 0 Å². The Morgan fingerprint density at radius 1 is 0.938 bits per heavy atom. The Morgan fingerprint density at radius 3 is 2.00 bits per heavy atom. The van der Waals surface area contributed by atoms with Crippen LogP contribution in [0.25, 0.3) is 0 Å². The van der Waals surface area contributed by atoms with Crippen LogP contribution in [-0.2, 0) is 0 Å². The lowest BCUT2D eigenvalue weighted by atomic mass is 9.84. The molecule has 0 spiro atoms. The predicted octanol–water partition coefficient (Wildman–Crippen LogP) is 5.23. The van der Waals surface area contributed by atoms with E-state index in [1.165, 1.54) is 0 Å². The summed E-state index contributed by atoms with van der Waals surface area (Å²) in [6.45, 7) is 0. The normalized spacial score (nSPS) is 50.6. The summed E-state index contributed by atoms with van der Waals surface area (Å²) < 4.78 is 0. The van der Waals surface area contributed by atoms with E-state index in [4.69, 9.17) is 69.6 Å². The maximum atomic E-state index is 6.55. The molecule has 0 radical (unpaired) electrons. The Bertz CT molecular complexity index is 439. The fraction of sp³-hybridized carbons (Fsp3) is 0.600. The van der Waals surface area contributed by atoms with Crippen LogP contribution in [0, 0.1) is 17.8 Å². The Morgan fingerprint density at radius 2 is 1.44 bits per heavy atom. The van der Waals surface area contributed by atoms with Crippen molar-refractivity contribution in [3.05, 3.63) is 20.1 Å². The van der Waals surface area contributed by atoms with Crippen molar-refractivity contribution in [3.8, 4) is 0 Å². The maximum absolute atomic E-state index is 6.55. The molecule has 0 aromatic carbocycles. The van der Waals surface area contributed by atoms with Gasteiger partial charge in [-0.1, -0.05) is 46.4 Å². The molecule has 0 aromatic rings. The summed E-state index contributed by atoms with van der Waals surface area (Å²) in [6, 6.07) is 0. The van der Waals surface area contributed by atoms with E-state index in [0.717, 1.165) is 6.42 Å². The molecule has 0 heterocycles. The van der Waals surface area contributed by atoms with E-state index in [2.05, 4.69) is 0 Å². The van der Waals surface area contributed by atoms with Crippen LogP contribution < -0.4 is 0 Å². The van der Waals surface area contributed by atoms with E-state index in [0.29, 0.717) is 20.1 Å². The molecular weight excluding hydrogens is 333 g/mol. The van der Waals surface area contributed by atoms with Crippen molar-refractivity contribution in [3.63, 3.8) is 0 Å². The molecule has 88 valence electrons. The van der Waals surface area contributed by atoms with Crippen molar-refractivity contribution < 1.29 is 0 Å². The van der Waals surface area contributed by atoms with Crippen LogP contribution in [0.5, 0.6) is 0 Å². The minimum atomic E-state index is -0.999. The first kappa shape index (κ1) is 12.3. The molecule has 0 N–H and O–H groups in total. The maximum Gasteiger partial charge on any atom is 0.122 e. The van der Waals surface area contributed by atoms with Crippen LogP contribution in [0.3, 0.4) is 0 Å². The average Bonchev–Trinajstić information content (AvgIpc) is 2.66. The molecule has 3 aliphatic carbocycles. The molecule has 0 nitrogen and oxygen atoms in total. The summed E-state index contributed by atoms with van der Waals surface area (Å²) in [7, 11) is 0. The van der Waals surface area contributed by atoms with Crippen molar-refractivity contribution in [2.24, 2.45) is 17.8 Å². The van der Waals surface area contributed by atoms with Crippen LogP contribution in [-0.4, -0.2) is 10.3 Å². The molecule has 0 amide bonds. The van der Waals surface area contributed by atoms with Gasteiger partial charge in [0, 0.05) is 33.2 Å². The van der Waals surface area contributed by atoms with Crippen molar-refractivity contribution in [2.75, 3.05) is 0 Å². The number of halogens is 6. The molecule has 16 heavy (non-hydrogen) atoms. The number of hydrogen-bond donors (Lipinski definition) is 0. The second-order valence-corrected chi connectivity index (χ2v) is 7.12. The van der Waals surface area contributed by atoms with Gasteiger partial charge in [0.15, 0.2) is 0 Å². The molecule has 0 aliphatic heterocycles. The largest absolute Gasteiger partial charge is 0.122 e. The van der Waals surface area contributed by atoms with Crippen molar-refractivity contribution >= 4 is 69.6 Å². The molecular formula is C10H6Cl6. The number of rotatable bonds is 0. The topological polar surface area (TPSA) is 0 Å². The third kappa shape index (κ3) is 1.17. The van der Waals surface area contributed by atoms with Gasteiger partial charge in [-0.2, -0.15) is 0 Å². The zero-order valence-corrected chi connectivity index (χ0v) is 12.3. The van der Waals surface area contributed by atoms with Gasteiger partial charge in [0.05, 0.1) is 10.1 Å². The van der Waals surface area contributed by atoms with Gasteiger partial charge in [-0.3, -0.25) is 0 Å². The van der Waals surface area contributed by atoms with Gasteiger partial charge in [-0.25, -0.2) is 0 Å². The van der Waals surface area contributed by atoms with Crippen LogP contribution in [0.2, 0.25) is 0 Å². The van der Waals surface area contributed by atoms with Gasteiger partial charge in [-0.05, 0) is 6.42 Å². The van der Waals surface area contributed by atoms with Gasteiger partial charge in [0.25, 0.3) is 0 Å². The highest BCUT2D eigenvalue weighted by Crippen LogP contribution is 2.69. The van der Waals surface area contributed by atoms with Crippen LogP contribution in [0.1, 0.15) is 6.42 Å². The number of alkyl halides is 2. The summed E-state index contributed by atoms with van der Waals surface area (Å²) in [5, 5.41) is 1.76. The molecule has 0 aromatic heterocycles. The third-order valence-electron chi connectivity index (χ3n) is 3.84. The van der Waals surface area contributed by atoms with E-state index in [1.54, 1.807) is 0 Å². The standard InChI is InChI=1S/C10H6Cl6/c11-5-3-1-2-4(5)10(16,8(14)6(2)12)9(15)7(3)13/h2-5H,1H2/t2-,3+,4?,5?,10?/m0/s1. The lowest BCUT2D eigenvalue weighted by molar-refractivity contribution is 0.433. The van der Waals surface area contributed by atoms with Gasteiger partial charge < -0.3 is 0 Å². The first-order valence-corrected chi connectivity index (χ1v) is 7.17. The Kier molecular flexibility index (Phi) is 2.77. The van der Waals surface area contributed by atoms with E-state index < -0.39 is 4.87 Å². The Balaban J connectivity index is 2.29. The summed E-state index contributed by atoms with van der Waals surface area (Å²) >= 11 is 37.8. The quantitative estimate of drug-likeness (QED) is 0.530. The first-order valence-electron chi connectivity index (χ1n) is 4.85. The molecule has 2 bridgehead atoms. The predicted molar refractivity (Wildman–Crippen MR) is 70.8 cm³/mol. The molecule has 3 unspecified atom stereocenters. The molecule has 3 aliphatic rings. The Hall–Kier alpha value is 1.22. The van der Waals surface area contributed by atoms with Gasteiger partial charge >= 0.3 is 0 Å². The minimum absolute atomic E-state index is 0.0455. The first-order chi connectivity index (χ1) is 7.40. The zero-order chi connectivity index (χ0) is 11.8. The van der Waals surface area contributed by atoms with Crippen molar-refractivity contribution in [1.29, 1.82) is 0 Å². The lowest BCUT2D eigenvalue weighted by Crippen LogP contribution is -2.40. The summed E-state index contributed by atoms with van der Waals surface area (Å²) in [5.41, 5.74) is 0. The van der Waals surface area contributed by atoms with Crippen LogP contribution in [0.4, 0.5) is 0 Å². The fourth-order valence-corrected chi connectivity index (χ4v) is 5.91. The van der Waals surface area contributed by atoms with E-state index in [1.807, 2.05) is 0 Å². The Labute approximate surface area is 123 Å². The minimum Gasteiger partial charge on any atom is -0.122 e. The van der Waals surface area contributed by atoms with Crippen molar-refractivity contribution in [1.82, 2.24) is 0 Å². The second kappa shape index (κ2) is 3.62. The third-order valence-corrected chi connectivity index (χ3v) is 7.37. The highest BCUT2D eigenvalue weighted by Gasteiger charge is 2.65. The number of hydrogen-bond acceptors (Lipinski definition) is 0. The molecule has 1 saturated carbocycles. The highest BCUT2D eigenvalue weighted by molar-refractivity contribution is 6.53. The van der Waals surface area contributed by atoms with E-state index in [-0.39, 0.29) is 23.1 Å². The smallest absolute Gasteiger partial charge is 0.122 e. The van der Waals surface area contributed by atoms with Crippen LogP contribution in [0.15, 0.2) is 20.1 Å². The van der Waals surface area contributed by atoms with E-state index in [9.17, 15) is 0 Å². The molecule has 3 rings (SSSR count). The molecule has 0 saturated heterocycles. The summed E-state index contributed by atoms with van der Waals surface area (Å²) in [5.74, 6) is 0.0937. The fourth-order valence-electron chi connectivity index (χ4n) is 3.09. The number of fused-ring (bicyclic) bond motifs is 1. The zero-order valence-electron chi connectivity index (χ0n) is 7.78. The molecule has 6 heteroatoms. The molecule has 1 fully saturated rings. The van der Waals surface area contributed by atoms with Gasteiger partial charge in [0.1, 0.15) is 4.87 Å². The van der Waals surface area contributed by atoms with Crippen LogP contribution >= 0.6 is 69.6 Å². The highest BCUT2D eigenvalue weighted by atomic mass is 35.5. The van der Waals surface area contributed by atoms with Gasteiger partial charge in [-0.15, -0.1) is 23.2 Å². The SMILES string of the molecule is ClC1=C(Cl)C2(Cl)C(Cl)=C(Cl)[C@@H]3C[C@H]1C2C3Cl. The number of allylic oxidation sites excluding steroid dienone is 4. The van der Waals surface area contributed by atoms with Crippen molar-refractivity contribution in [2.45, 2.75) is 16.7 Å². The second-order valence-electron chi connectivity index (χ2n) is 4.45.